The maximum absolute atomic E-state index is 9.45. The first-order valence-corrected chi connectivity index (χ1v) is 88.1. The molecule has 26 nitrogen and oxygen atoms in total. The fourth-order valence-electron chi connectivity index (χ4n) is 1.28. The van der Waals surface area contributed by atoms with Gasteiger partial charge in [0.05, 0.1) is 28.0 Å². The van der Waals surface area contributed by atoms with E-state index >= 15 is 0 Å². The van der Waals surface area contributed by atoms with E-state index in [0.717, 1.165) is 0 Å². The largest absolute Gasteiger partial charge is 1.00 e. The van der Waals surface area contributed by atoms with Gasteiger partial charge in [0.25, 0.3) is 0 Å². The van der Waals surface area contributed by atoms with Gasteiger partial charge in [0, 0.05) is 30.2 Å². The van der Waals surface area contributed by atoms with E-state index in [-0.39, 0.29) is 2.85 Å². The molecule has 0 aromatic carbocycles. The summed E-state index contributed by atoms with van der Waals surface area (Å²) in [6.45, 7) is 0. The zero-order chi connectivity index (χ0) is 33.6. The Morgan fingerprint density at radius 3 is 0.667 bits per heavy atom. The Labute approximate surface area is 328 Å². The van der Waals surface area contributed by atoms with Crippen LogP contribution >= 0.6 is 49.5 Å². The molecule has 0 aromatic rings. The monoisotopic (exact) mass is 1010 g/mol. The summed E-state index contributed by atoms with van der Waals surface area (Å²) in [4.78, 5) is 56.7. The van der Waals surface area contributed by atoms with Gasteiger partial charge in [0.15, 0.2) is 0 Å². The third kappa shape index (κ3) is 84.8. The van der Waals surface area contributed by atoms with Crippen molar-refractivity contribution in [2.75, 3.05) is 0 Å². The van der Waals surface area contributed by atoms with Crippen LogP contribution in [0.2, 0.25) is 0 Å². The van der Waals surface area contributed by atoms with E-state index in [0.29, 0.717) is 113 Å². The summed E-state index contributed by atoms with van der Waals surface area (Å²) in [6, 6.07) is 0. The molecule has 6 unspecified atom stereocenters. The van der Waals surface area contributed by atoms with E-state index in [1.807, 2.05) is 51.9 Å². The van der Waals surface area contributed by atoms with Crippen LogP contribution in [0.4, 0.5) is 0 Å². The van der Waals surface area contributed by atoms with Gasteiger partial charge in [0.1, 0.15) is 0 Å². The molecule has 0 saturated carbocycles. The van der Waals surface area contributed by atoms with E-state index in [4.69, 9.17) is 10.5 Å². The standard InChI is InChI=1S/10Ca.3O8P2.H2O2.2H/c;;;;;;;;;;3*1-9(2)7-5-6-8-10(3)4;1-2;;/h;;;;;;;;;;;;;1-2H;;/q;;;;;;;;2*+1;;;;;2*-1. The van der Waals surface area contributed by atoms with Crippen LogP contribution < -0.4 is 29.4 Å². The van der Waals surface area contributed by atoms with Crippen LogP contribution in [-0.4, -0.2) is 176 Å². The van der Waals surface area contributed by atoms with E-state index in [9.17, 15) is 56.8 Å². The van der Waals surface area contributed by atoms with Crippen molar-refractivity contribution in [2.45, 2.75) is 0 Å². The Kier molecular flexibility index (Phi) is 87.4. The van der Waals surface area contributed by atoms with E-state index < -0.39 is 49.5 Å². The quantitative estimate of drug-likeness (QED) is 0.0334. The zero-order valence-electron chi connectivity index (χ0n) is 22.4. The van der Waals surface area contributed by atoms with Crippen molar-refractivity contribution in [1.82, 2.24) is 0 Å². The van der Waals surface area contributed by atoms with Crippen LogP contribution in [0, 0.1) is 0 Å². The van der Waals surface area contributed by atoms with Gasteiger partial charge in [-0.2, -0.15) is 0 Å². The fourth-order valence-corrected chi connectivity index (χ4v) is 1260. The summed E-state index contributed by atoms with van der Waals surface area (Å²) < 4.78 is 76.1. The van der Waals surface area contributed by atoms with Crippen molar-refractivity contribution in [2.24, 2.45) is 0 Å². The first kappa shape index (κ1) is 63.6. The zero-order valence-corrected chi connectivity index (χ0v) is 47.9. The number of hydrogen-bond acceptors (Lipinski definition) is 26. The number of rotatable bonds is 22. The summed E-state index contributed by atoms with van der Waals surface area (Å²) in [6.07, 6.45) is 0. The van der Waals surface area contributed by atoms with Gasteiger partial charge in [-0.05, 0) is 27.4 Å². The molecule has 0 rings (SSSR count). The maximum atomic E-state index is 9.45. The van der Waals surface area contributed by atoms with Gasteiger partial charge < -0.3 is 32.2 Å². The molecule has 0 amide bonds. The first-order chi connectivity index (χ1) is 19.8. The molecule has 0 aliphatic carbocycles. The minimum atomic E-state index is -3.26. The molecular formula is H4Ca10O26P6. The van der Waals surface area contributed by atoms with Gasteiger partial charge in [-0.25, -0.2) is 0 Å². The average Bonchev–Trinajstić information content (AvgIpc) is 2.91. The molecule has 42 heavy (non-hydrogen) atoms. The summed E-state index contributed by atoms with van der Waals surface area (Å²) in [5, 5.41) is 31.2. The molecule has 0 aliphatic heterocycles. The van der Waals surface area contributed by atoms with Crippen molar-refractivity contribution < 1.29 is 128 Å². The van der Waals surface area contributed by atoms with Crippen LogP contribution in [-0.2, 0) is 85.7 Å². The van der Waals surface area contributed by atoms with Crippen molar-refractivity contribution in [3.05, 3.63) is 0 Å². The predicted molar refractivity (Wildman–Crippen MR) is 124 cm³/mol. The molecule has 0 fully saturated rings. The molecule has 0 saturated heterocycles. The maximum Gasteiger partial charge on any atom is -1.00 e. The molecule has 0 bridgehead atoms. The summed E-state index contributed by atoms with van der Waals surface area (Å²) >= 11 is 9.00. The molecule has 0 radical (unpaired) electrons. The topological polar surface area (TPSA) is 392 Å². The Balaban J connectivity index is -0.0000000801. The summed E-state index contributed by atoms with van der Waals surface area (Å²) in [5.41, 5.74) is 0. The van der Waals surface area contributed by atoms with Crippen LogP contribution in [0.1, 0.15) is 2.85 Å². The Morgan fingerprint density at radius 1 is 0.405 bits per heavy atom. The predicted octanol–water partition coefficient (Wildman–Crippen LogP) is -7.07. The Morgan fingerprint density at radius 2 is 0.548 bits per heavy atom. The van der Waals surface area contributed by atoms with Crippen molar-refractivity contribution in [3.63, 3.8) is 0 Å². The van der Waals surface area contributed by atoms with E-state index in [1.54, 1.807) is 0 Å². The second kappa shape index (κ2) is 57.7. The summed E-state index contributed by atoms with van der Waals surface area (Å²) in [5.74, 6) is 0. The molecule has 6 atom stereocenters. The molecule has 0 aromatic heterocycles. The minimum absolute atomic E-state index is 0. The molecule has 0 heterocycles. The van der Waals surface area contributed by atoms with Crippen molar-refractivity contribution in [3.8, 4) is 0 Å². The molecule has 210 valence electrons. The normalized spacial score (nSPS) is 10.4. The van der Waals surface area contributed by atoms with Crippen LogP contribution in [0.15, 0.2) is 0 Å². The smallest absolute Gasteiger partial charge is 1.00 e. The van der Waals surface area contributed by atoms with E-state index in [1.165, 1.54) is 0 Å². The summed E-state index contributed by atoms with van der Waals surface area (Å²) in [7, 11) is -19.5. The number of hydrogen-bond donors (Lipinski definition) is 2. The first-order valence-electron chi connectivity index (χ1n) is 9.49. The molecule has 2 N–H and O–H groups in total. The third-order valence-electron chi connectivity index (χ3n) is 2.38. The molecule has 0 aliphatic rings. The van der Waals surface area contributed by atoms with Gasteiger partial charge in [-0.3, -0.25) is 10.5 Å². The Bertz CT molecular complexity index is 562. The van der Waals surface area contributed by atoms with Gasteiger partial charge in [0.2, 0.25) is 0 Å². The molecule has 42 heteroatoms. The van der Waals surface area contributed by atoms with Gasteiger partial charge in [-0.15, -0.1) is 0 Å². The third-order valence-corrected chi connectivity index (χ3v) is 507. The van der Waals surface area contributed by atoms with Crippen molar-refractivity contribution >= 4 is 215 Å². The van der Waals surface area contributed by atoms with Crippen LogP contribution in [0.25, 0.3) is 0 Å². The Hall–Kier alpha value is 12.4. The van der Waals surface area contributed by atoms with Crippen LogP contribution in [0.5, 0.6) is 0 Å². The second-order valence-corrected chi connectivity index (χ2v) is 204. The SMILES string of the molecule is O=[P+]([O-])OOOO[P+](=O)[O-].O=[P+]([O-])OOOO[P+](=O)[O-].O=[P+]([O-])OOOO[P+](=O)[O-].OO.[Ca+][Ca][Ca][Ca][Ca][Ca][Ca][Ca][Ca][Ca+].[H-].[H-]. The molecular weight excluding hydrogens is 1000 g/mol. The van der Waals surface area contributed by atoms with Crippen molar-refractivity contribution in [1.29, 1.82) is 0 Å². The van der Waals surface area contributed by atoms with Gasteiger partial charge in [-0.1, -0.05) is 0 Å². The average molecular weight is 1010 g/mol. The van der Waals surface area contributed by atoms with E-state index in [2.05, 4.69) is 58.3 Å². The minimum Gasteiger partial charge on any atom is -1.00 e. The fraction of sp³-hybridized carbons (Fsp3) is 0. The second-order valence-electron chi connectivity index (χ2n) is 5.03. The van der Waals surface area contributed by atoms with Gasteiger partial charge >= 0.3 is 215 Å². The van der Waals surface area contributed by atoms with Crippen LogP contribution in [0.3, 0.4) is 0 Å². The molecule has 0 spiro atoms.